The first-order chi connectivity index (χ1) is 14.7. The average molecular weight is 415 g/mol. The minimum atomic E-state index is -0.111. The molecule has 0 bridgehead atoms. The molecule has 30 heavy (non-hydrogen) atoms. The van der Waals surface area contributed by atoms with Crippen LogP contribution in [0.4, 0.5) is 11.4 Å². The molecule has 2 aromatic carbocycles. The highest BCUT2D eigenvalue weighted by Gasteiger charge is 2.03. The van der Waals surface area contributed by atoms with Gasteiger partial charge in [0.25, 0.3) is 0 Å². The molecular weight excluding hydrogens is 380 g/mol. The summed E-state index contributed by atoms with van der Waals surface area (Å²) in [6, 6.07) is 15.0. The molecule has 0 heterocycles. The van der Waals surface area contributed by atoms with Crippen LogP contribution in [0.1, 0.15) is 39.0 Å². The number of benzene rings is 2. The topological polar surface area (TPSA) is 68.8 Å². The van der Waals surface area contributed by atoms with Gasteiger partial charge >= 0.3 is 0 Å². The minimum Gasteiger partial charge on any atom is -0.494 e. The summed E-state index contributed by atoms with van der Waals surface area (Å²) in [5, 5.41) is 5.98. The lowest BCUT2D eigenvalue weighted by molar-refractivity contribution is -0.114. The molecule has 2 N–H and O–H groups in total. The second kappa shape index (κ2) is 14.3. The first-order valence-corrected chi connectivity index (χ1v) is 10.7. The van der Waals surface area contributed by atoms with Crippen LogP contribution in [0.25, 0.3) is 0 Å². The van der Waals surface area contributed by atoms with Crippen molar-refractivity contribution in [1.82, 2.24) is 0 Å². The maximum absolute atomic E-state index is 12.2. The Hall–Kier alpha value is -2.73. The van der Waals surface area contributed by atoms with Gasteiger partial charge in [0.1, 0.15) is 18.1 Å². The molecule has 0 unspecified atom stereocenters. The molecule has 0 saturated heterocycles. The van der Waals surface area contributed by atoms with Crippen LogP contribution in [0.2, 0.25) is 0 Å². The molecule has 2 aromatic rings. The predicted octanol–water partition coefficient (Wildman–Crippen LogP) is 5.11. The number of carbonyl (C=O) groups excluding carboxylic acids is 1. The van der Waals surface area contributed by atoms with Crippen molar-refractivity contribution in [2.45, 2.75) is 39.0 Å². The summed E-state index contributed by atoms with van der Waals surface area (Å²) in [5.41, 5.74) is 1.60. The zero-order chi connectivity index (χ0) is 21.4. The van der Waals surface area contributed by atoms with Gasteiger partial charge in [0.2, 0.25) is 5.91 Å². The number of amides is 1. The van der Waals surface area contributed by atoms with E-state index in [9.17, 15) is 4.79 Å². The van der Waals surface area contributed by atoms with Crippen molar-refractivity contribution in [1.29, 1.82) is 0 Å². The summed E-state index contributed by atoms with van der Waals surface area (Å²) < 4.78 is 16.2. The fraction of sp³-hybridized carbons (Fsp3) is 0.458. The highest BCUT2D eigenvalue weighted by molar-refractivity contribution is 5.93. The molecule has 0 aliphatic carbocycles. The molecule has 1 amide bonds. The molecule has 6 heteroatoms. The summed E-state index contributed by atoms with van der Waals surface area (Å²) in [4.78, 5) is 12.2. The standard InChI is InChI=1S/C24H34N2O4/c1-3-4-5-6-7-16-29-22-14-10-21(11-15-22)26-24(27)19-25-20-8-12-23(13-9-20)30-18-17-28-2/h8-15,25H,3-7,16-19H2,1-2H3,(H,26,27). The predicted molar refractivity (Wildman–Crippen MR) is 122 cm³/mol. The Bertz CT molecular complexity index is 717. The number of hydrogen-bond donors (Lipinski definition) is 2. The van der Waals surface area contributed by atoms with E-state index in [0.29, 0.717) is 13.2 Å². The van der Waals surface area contributed by atoms with Crippen LogP contribution in [0.5, 0.6) is 11.5 Å². The van der Waals surface area contributed by atoms with Crippen molar-refractivity contribution < 1.29 is 19.0 Å². The third kappa shape index (κ3) is 9.65. The lowest BCUT2D eigenvalue weighted by atomic mass is 10.2. The van der Waals surface area contributed by atoms with Crippen LogP contribution in [0.3, 0.4) is 0 Å². The number of nitrogens with one attached hydrogen (secondary N) is 2. The Labute approximate surface area is 179 Å². The van der Waals surface area contributed by atoms with E-state index in [0.717, 1.165) is 35.9 Å². The Morgan fingerprint density at radius 2 is 1.37 bits per heavy atom. The smallest absolute Gasteiger partial charge is 0.243 e. The fourth-order valence-electron chi connectivity index (χ4n) is 2.83. The van der Waals surface area contributed by atoms with Gasteiger partial charge in [0, 0.05) is 18.5 Å². The Balaban J connectivity index is 1.65. The molecule has 0 atom stereocenters. The quantitative estimate of drug-likeness (QED) is 0.396. The van der Waals surface area contributed by atoms with Crippen LogP contribution >= 0.6 is 0 Å². The van der Waals surface area contributed by atoms with Crippen LogP contribution in [-0.4, -0.2) is 39.4 Å². The van der Waals surface area contributed by atoms with Crippen molar-refractivity contribution in [2.75, 3.05) is 44.1 Å². The van der Waals surface area contributed by atoms with Crippen molar-refractivity contribution in [3.05, 3.63) is 48.5 Å². The first-order valence-electron chi connectivity index (χ1n) is 10.7. The monoisotopic (exact) mass is 414 g/mol. The molecule has 6 nitrogen and oxygen atoms in total. The number of anilines is 2. The third-order valence-electron chi connectivity index (χ3n) is 4.52. The summed E-state index contributed by atoms with van der Waals surface area (Å²) in [7, 11) is 1.64. The van der Waals surface area contributed by atoms with Gasteiger partial charge in [-0.05, 0) is 55.0 Å². The van der Waals surface area contributed by atoms with E-state index in [1.165, 1.54) is 25.7 Å². The van der Waals surface area contributed by atoms with Gasteiger partial charge in [0.15, 0.2) is 0 Å². The van der Waals surface area contributed by atoms with E-state index in [2.05, 4.69) is 17.6 Å². The lowest BCUT2D eigenvalue weighted by Gasteiger charge is -2.10. The number of rotatable bonds is 15. The van der Waals surface area contributed by atoms with Crippen molar-refractivity contribution in [2.24, 2.45) is 0 Å². The van der Waals surface area contributed by atoms with Crippen LogP contribution < -0.4 is 20.1 Å². The maximum atomic E-state index is 12.2. The van der Waals surface area contributed by atoms with Crippen molar-refractivity contribution >= 4 is 17.3 Å². The number of ether oxygens (including phenoxy) is 3. The Morgan fingerprint density at radius 3 is 2.00 bits per heavy atom. The van der Waals surface area contributed by atoms with Crippen molar-refractivity contribution in [3.8, 4) is 11.5 Å². The second-order valence-electron chi connectivity index (χ2n) is 7.05. The number of hydrogen-bond acceptors (Lipinski definition) is 5. The Morgan fingerprint density at radius 1 is 0.767 bits per heavy atom. The van der Waals surface area contributed by atoms with E-state index in [4.69, 9.17) is 14.2 Å². The normalized spacial score (nSPS) is 10.5. The van der Waals surface area contributed by atoms with E-state index in [-0.39, 0.29) is 12.5 Å². The number of carbonyl (C=O) groups is 1. The molecule has 0 aliphatic heterocycles. The van der Waals surface area contributed by atoms with Crippen LogP contribution in [-0.2, 0) is 9.53 Å². The molecular formula is C24H34N2O4. The Kier molecular flexibility index (Phi) is 11.2. The zero-order valence-corrected chi connectivity index (χ0v) is 18.1. The molecule has 0 spiro atoms. The molecule has 0 fully saturated rings. The largest absolute Gasteiger partial charge is 0.494 e. The molecule has 164 valence electrons. The molecule has 0 aliphatic rings. The van der Waals surface area contributed by atoms with Crippen LogP contribution in [0, 0.1) is 0 Å². The molecule has 2 rings (SSSR count). The molecule has 0 saturated carbocycles. The fourth-order valence-corrected chi connectivity index (χ4v) is 2.83. The summed E-state index contributed by atoms with van der Waals surface area (Å²) in [5.74, 6) is 1.49. The van der Waals surface area contributed by atoms with Gasteiger partial charge in [0.05, 0.1) is 19.8 Å². The lowest BCUT2D eigenvalue weighted by Crippen LogP contribution is -2.21. The van der Waals surface area contributed by atoms with Gasteiger partial charge in [-0.1, -0.05) is 32.6 Å². The van der Waals surface area contributed by atoms with Gasteiger partial charge in [-0.25, -0.2) is 0 Å². The van der Waals surface area contributed by atoms with E-state index < -0.39 is 0 Å². The maximum Gasteiger partial charge on any atom is 0.243 e. The van der Waals surface area contributed by atoms with E-state index in [1.54, 1.807) is 7.11 Å². The minimum absolute atomic E-state index is 0.111. The zero-order valence-electron chi connectivity index (χ0n) is 18.1. The number of unbranched alkanes of at least 4 members (excludes halogenated alkanes) is 4. The van der Waals surface area contributed by atoms with E-state index in [1.807, 2.05) is 48.5 Å². The molecule has 0 aromatic heterocycles. The molecule has 0 radical (unpaired) electrons. The second-order valence-corrected chi connectivity index (χ2v) is 7.05. The van der Waals surface area contributed by atoms with Gasteiger partial charge in [-0.2, -0.15) is 0 Å². The summed E-state index contributed by atoms with van der Waals surface area (Å²) in [6.45, 7) is 4.18. The average Bonchev–Trinajstić information content (AvgIpc) is 2.77. The number of methoxy groups -OCH3 is 1. The SMILES string of the molecule is CCCCCCCOc1ccc(NC(=O)CNc2ccc(OCCOC)cc2)cc1. The summed E-state index contributed by atoms with van der Waals surface area (Å²) in [6.07, 6.45) is 6.09. The first kappa shape index (κ1) is 23.5. The third-order valence-corrected chi connectivity index (χ3v) is 4.52. The van der Waals surface area contributed by atoms with Crippen molar-refractivity contribution in [3.63, 3.8) is 0 Å². The summed E-state index contributed by atoms with van der Waals surface area (Å²) >= 11 is 0. The highest BCUT2D eigenvalue weighted by Crippen LogP contribution is 2.17. The van der Waals surface area contributed by atoms with Gasteiger partial charge in [-0.3, -0.25) is 4.79 Å². The van der Waals surface area contributed by atoms with E-state index >= 15 is 0 Å². The van der Waals surface area contributed by atoms with Gasteiger partial charge in [-0.15, -0.1) is 0 Å². The van der Waals surface area contributed by atoms with Gasteiger partial charge < -0.3 is 24.8 Å². The van der Waals surface area contributed by atoms with Crippen LogP contribution in [0.15, 0.2) is 48.5 Å². The highest BCUT2D eigenvalue weighted by atomic mass is 16.5.